The van der Waals surface area contributed by atoms with Crippen LogP contribution in [0.3, 0.4) is 0 Å². The number of carbonyl (C=O) groups is 1. The van der Waals surface area contributed by atoms with Gasteiger partial charge in [0.2, 0.25) is 0 Å². The highest BCUT2D eigenvalue weighted by Crippen LogP contribution is 2.22. The van der Waals surface area contributed by atoms with Gasteiger partial charge in [0.15, 0.2) is 5.78 Å². The van der Waals surface area contributed by atoms with Crippen molar-refractivity contribution >= 4 is 17.4 Å². The minimum Gasteiger partial charge on any atom is -0.292 e. The van der Waals surface area contributed by atoms with E-state index in [4.69, 9.17) is 11.6 Å². The topological polar surface area (TPSA) is 30.0 Å². The molecule has 0 amide bonds. The Bertz CT molecular complexity index is 380. The van der Waals surface area contributed by atoms with Gasteiger partial charge >= 0.3 is 0 Å². The van der Waals surface area contributed by atoms with Crippen LogP contribution in [-0.2, 0) is 0 Å². The summed E-state index contributed by atoms with van der Waals surface area (Å²) in [6.45, 7) is 7.97. The van der Waals surface area contributed by atoms with E-state index in [-0.39, 0.29) is 11.2 Å². The van der Waals surface area contributed by atoms with Crippen molar-refractivity contribution in [1.29, 1.82) is 0 Å². The highest BCUT2D eigenvalue weighted by atomic mass is 35.5. The largest absolute Gasteiger partial charge is 0.292 e. The van der Waals surface area contributed by atoms with E-state index in [9.17, 15) is 4.79 Å². The predicted molar refractivity (Wildman–Crippen MR) is 62.4 cm³/mol. The minimum atomic E-state index is -0.00909. The molecule has 0 aliphatic rings. The number of pyridine rings is 1. The van der Waals surface area contributed by atoms with Gasteiger partial charge in [0.25, 0.3) is 0 Å². The summed E-state index contributed by atoms with van der Waals surface area (Å²) in [5.41, 5.74) is 1.37. The van der Waals surface area contributed by atoms with Gasteiger partial charge < -0.3 is 0 Å². The quantitative estimate of drug-likeness (QED) is 0.719. The van der Waals surface area contributed by atoms with Crippen molar-refractivity contribution in [2.45, 2.75) is 34.1 Å². The maximum atomic E-state index is 11.9. The molecule has 1 aromatic rings. The fourth-order valence-corrected chi connectivity index (χ4v) is 1.61. The molecular weight excluding hydrogens is 210 g/mol. The number of hydrogen-bond donors (Lipinski definition) is 0. The average molecular weight is 226 g/mol. The summed E-state index contributed by atoms with van der Waals surface area (Å²) in [5, 5.41) is 0.569. The summed E-state index contributed by atoms with van der Waals surface area (Å²) in [5.74, 6) is 0.0802. The third-order valence-electron chi connectivity index (χ3n) is 2.00. The molecule has 0 bridgehead atoms. The molecule has 15 heavy (non-hydrogen) atoms. The van der Waals surface area contributed by atoms with E-state index in [0.717, 1.165) is 5.56 Å². The second-order valence-electron chi connectivity index (χ2n) is 4.98. The van der Waals surface area contributed by atoms with Crippen LogP contribution in [0.15, 0.2) is 12.3 Å². The molecular formula is C12H16ClNO. The molecule has 3 heteroatoms. The second-order valence-corrected chi connectivity index (χ2v) is 5.42. The molecule has 1 heterocycles. The average Bonchev–Trinajstić information content (AvgIpc) is 1.99. The number of aromatic nitrogens is 1. The summed E-state index contributed by atoms with van der Waals surface area (Å²) >= 11 is 5.78. The van der Waals surface area contributed by atoms with Gasteiger partial charge in [-0.3, -0.25) is 9.78 Å². The van der Waals surface area contributed by atoms with Gasteiger partial charge in [0, 0.05) is 12.6 Å². The molecule has 0 fully saturated rings. The zero-order chi connectivity index (χ0) is 11.6. The van der Waals surface area contributed by atoms with Gasteiger partial charge in [-0.15, -0.1) is 0 Å². The number of rotatable bonds is 2. The van der Waals surface area contributed by atoms with Crippen molar-refractivity contribution in [3.8, 4) is 0 Å². The predicted octanol–water partition coefficient (Wildman–Crippen LogP) is 3.66. The summed E-state index contributed by atoms with van der Waals surface area (Å²) in [6.07, 6.45) is 2.02. The van der Waals surface area contributed by atoms with Gasteiger partial charge in [-0.25, -0.2) is 0 Å². The Hall–Kier alpha value is -0.890. The van der Waals surface area contributed by atoms with Crippen LogP contribution in [0.5, 0.6) is 0 Å². The molecule has 0 atom stereocenters. The molecule has 0 radical (unpaired) electrons. The Morgan fingerprint density at radius 3 is 2.53 bits per heavy atom. The zero-order valence-electron chi connectivity index (χ0n) is 9.60. The Kier molecular flexibility index (Phi) is 3.50. The summed E-state index contributed by atoms with van der Waals surface area (Å²) in [6, 6.07) is 1.77. The number of ketones is 1. The number of halogens is 1. The first-order valence-corrected chi connectivity index (χ1v) is 5.33. The summed E-state index contributed by atoms with van der Waals surface area (Å²) in [4.78, 5) is 16.0. The van der Waals surface area contributed by atoms with Gasteiger partial charge in [0.1, 0.15) is 5.69 Å². The fraction of sp³-hybridized carbons (Fsp3) is 0.500. The first-order valence-electron chi connectivity index (χ1n) is 4.95. The van der Waals surface area contributed by atoms with Crippen molar-refractivity contribution in [3.05, 3.63) is 28.5 Å². The van der Waals surface area contributed by atoms with E-state index in [1.165, 1.54) is 6.20 Å². The van der Waals surface area contributed by atoms with Crippen molar-refractivity contribution in [2.75, 3.05) is 0 Å². The molecule has 1 rings (SSSR count). The second kappa shape index (κ2) is 4.31. The summed E-state index contributed by atoms with van der Waals surface area (Å²) in [7, 11) is 0. The smallest absolute Gasteiger partial charge is 0.181 e. The zero-order valence-corrected chi connectivity index (χ0v) is 10.4. The van der Waals surface area contributed by atoms with Crippen LogP contribution >= 0.6 is 11.6 Å². The standard InChI is InChI=1S/C12H16ClNO/c1-8-5-9(13)7-14-11(8)10(15)6-12(2,3)4/h5,7H,6H2,1-4H3. The van der Waals surface area contributed by atoms with Crippen LogP contribution in [0.4, 0.5) is 0 Å². The van der Waals surface area contributed by atoms with Gasteiger partial charge in [-0.1, -0.05) is 32.4 Å². The number of Topliss-reactive ketones (excluding diaryl/α,β-unsaturated/α-hetero) is 1. The number of carbonyl (C=O) groups excluding carboxylic acids is 1. The van der Waals surface area contributed by atoms with Crippen molar-refractivity contribution in [2.24, 2.45) is 5.41 Å². The van der Waals surface area contributed by atoms with Crippen molar-refractivity contribution in [1.82, 2.24) is 4.98 Å². The number of aryl methyl sites for hydroxylation is 1. The first-order chi connectivity index (χ1) is 6.79. The number of nitrogens with zero attached hydrogens (tertiary/aromatic N) is 1. The Balaban J connectivity index is 2.92. The summed E-state index contributed by atoms with van der Waals surface area (Å²) < 4.78 is 0. The molecule has 1 aromatic heterocycles. The molecule has 0 unspecified atom stereocenters. The maximum Gasteiger partial charge on any atom is 0.181 e. The van der Waals surface area contributed by atoms with E-state index in [0.29, 0.717) is 17.1 Å². The van der Waals surface area contributed by atoms with E-state index in [1.54, 1.807) is 6.07 Å². The molecule has 2 nitrogen and oxygen atoms in total. The molecule has 0 saturated heterocycles. The fourth-order valence-electron chi connectivity index (χ4n) is 1.40. The van der Waals surface area contributed by atoms with Crippen molar-refractivity contribution in [3.63, 3.8) is 0 Å². The van der Waals surface area contributed by atoms with E-state index < -0.39 is 0 Å². The van der Waals surface area contributed by atoms with Gasteiger partial charge in [-0.2, -0.15) is 0 Å². The molecule has 0 aliphatic carbocycles. The monoisotopic (exact) mass is 225 g/mol. The molecule has 0 N–H and O–H groups in total. The lowest BCUT2D eigenvalue weighted by atomic mass is 9.88. The van der Waals surface area contributed by atoms with Gasteiger partial charge in [0.05, 0.1) is 5.02 Å². The molecule has 0 saturated carbocycles. The van der Waals surface area contributed by atoms with Gasteiger partial charge in [-0.05, 0) is 24.0 Å². The normalized spacial score (nSPS) is 11.5. The van der Waals surface area contributed by atoms with Crippen LogP contribution < -0.4 is 0 Å². The Morgan fingerprint density at radius 2 is 2.07 bits per heavy atom. The molecule has 0 spiro atoms. The van der Waals surface area contributed by atoms with E-state index in [2.05, 4.69) is 4.98 Å². The van der Waals surface area contributed by atoms with Crippen LogP contribution in [0.2, 0.25) is 5.02 Å². The SMILES string of the molecule is Cc1cc(Cl)cnc1C(=O)CC(C)(C)C. The van der Waals surface area contributed by atoms with Crippen molar-refractivity contribution < 1.29 is 4.79 Å². The lowest BCUT2D eigenvalue weighted by molar-refractivity contribution is 0.0934. The maximum absolute atomic E-state index is 11.9. The highest BCUT2D eigenvalue weighted by molar-refractivity contribution is 6.30. The van der Waals surface area contributed by atoms with Crippen LogP contribution in [0, 0.1) is 12.3 Å². The van der Waals surface area contributed by atoms with E-state index >= 15 is 0 Å². The van der Waals surface area contributed by atoms with E-state index in [1.807, 2.05) is 27.7 Å². The lowest BCUT2D eigenvalue weighted by Crippen LogP contribution is -2.15. The minimum absolute atomic E-state index is 0.00909. The first kappa shape index (κ1) is 12.2. The van der Waals surface area contributed by atoms with Crippen LogP contribution in [0.1, 0.15) is 43.2 Å². The third-order valence-corrected chi connectivity index (χ3v) is 2.21. The Morgan fingerprint density at radius 1 is 1.47 bits per heavy atom. The lowest BCUT2D eigenvalue weighted by Gasteiger charge is -2.16. The van der Waals surface area contributed by atoms with Crippen LogP contribution in [-0.4, -0.2) is 10.8 Å². The number of hydrogen-bond acceptors (Lipinski definition) is 2. The molecule has 0 aliphatic heterocycles. The Labute approximate surface area is 95.7 Å². The molecule has 82 valence electrons. The molecule has 0 aromatic carbocycles. The van der Waals surface area contributed by atoms with Crippen LogP contribution in [0.25, 0.3) is 0 Å². The third kappa shape index (κ3) is 3.63. The highest BCUT2D eigenvalue weighted by Gasteiger charge is 2.19.